The average molecular weight is 245 g/mol. The van der Waals surface area contributed by atoms with Crippen LogP contribution in [0.5, 0.6) is 0 Å². The number of amides is 1. The SMILES string of the molecule is NC(=O)C(C(=O)c1ccccc1)S(=O)(=O)F. The summed E-state index contributed by atoms with van der Waals surface area (Å²) in [5, 5.41) is -2.48. The van der Waals surface area contributed by atoms with E-state index in [-0.39, 0.29) is 5.56 Å². The highest BCUT2D eigenvalue weighted by atomic mass is 32.3. The van der Waals surface area contributed by atoms with Gasteiger partial charge in [-0.05, 0) is 0 Å². The molecule has 0 aliphatic carbocycles. The lowest BCUT2D eigenvalue weighted by Gasteiger charge is -2.07. The molecule has 1 atom stereocenters. The fourth-order valence-corrected chi connectivity index (χ4v) is 1.82. The van der Waals surface area contributed by atoms with Crippen molar-refractivity contribution in [2.75, 3.05) is 0 Å². The Bertz CT molecular complexity index is 512. The smallest absolute Gasteiger partial charge is 0.322 e. The van der Waals surface area contributed by atoms with Crippen LogP contribution in [-0.4, -0.2) is 25.4 Å². The van der Waals surface area contributed by atoms with Crippen LogP contribution in [0, 0.1) is 0 Å². The van der Waals surface area contributed by atoms with Gasteiger partial charge in [0.1, 0.15) is 0 Å². The van der Waals surface area contributed by atoms with Crippen LogP contribution >= 0.6 is 0 Å². The summed E-state index contributed by atoms with van der Waals surface area (Å²) in [7, 11) is -5.34. The van der Waals surface area contributed by atoms with Crippen LogP contribution in [0.3, 0.4) is 0 Å². The molecule has 0 fully saturated rings. The number of carbonyl (C=O) groups is 2. The molecular formula is C9H8FNO4S. The fourth-order valence-electron chi connectivity index (χ4n) is 1.15. The molecule has 0 bridgehead atoms. The molecule has 1 unspecified atom stereocenters. The lowest BCUT2D eigenvalue weighted by atomic mass is 10.1. The second-order valence-corrected chi connectivity index (χ2v) is 4.41. The van der Waals surface area contributed by atoms with Gasteiger partial charge in [0, 0.05) is 5.56 Å². The molecule has 16 heavy (non-hydrogen) atoms. The van der Waals surface area contributed by atoms with Crippen LogP contribution in [0.4, 0.5) is 3.89 Å². The van der Waals surface area contributed by atoms with E-state index in [2.05, 4.69) is 5.73 Å². The first kappa shape index (κ1) is 12.3. The van der Waals surface area contributed by atoms with Crippen molar-refractivity contribution in [2.24, 2.45) is 5.73 Å². The molecule has 86 valence electrons. The Balaban J connectivity index is 3.18. The van der Waals surface area contributed by atoms with Gasteiger partial charge in [0.2, 0.25) is 11.2 Å². The highest BCUT2D eigenvalue weighted by Gasteiger charge is 2.38. The fraction of sp³-hybridized carbons (Fsp3) is 0.111. The van der Waals surface area contributed by atoms with Crippen LogP contribution < -0.4 is 5.73 Å². The third kappa shape index (κ3) is 2.63. The van der Waals surface area contributed by atoms with Gasteiger partial charge < -0.3 is 5.73 Å². The van der Waals surface area contributed by atoms with Crippen molar-refractivity contribution in [1.29, 1.82) is 0 Å². The zero-order chi connectivity index (χ0) is 12.3. The summed E-state index contributed by atoms with van der Waals surface area (Å²) < 4.78 is 33.9. The van der Waals surface area contributed by atoms with Crippen molar-refractivity contribution in [2.45, 2.75) is 5.25 Å². The molecule has 0 saturated carbocycles. The highest BCUT2D eigenvalue weighted by Crippen LogP contribution is 2.11. The van der Waals surface area contributed by atoms with Gasteiger partial charge in [-0.1, -0.05) is 30.3 Å². The van der Waals surface area contributed by atoms with Crippen molar-refractivity contribution in [3.05, 3.63) is 35.9 Å². The van der Waals surface area contributed by atoms with Crippen molar-refractivity contribution >= 4 is 21.9 Å². The van der Waals surface area contributed by atoms with Crippen LogP contribution in [0.1, 0.15) is 10.4 Å². The molecule has 0 heterocycles. The van der Waals surface area contributed by atoms with Crippen molar-refractivity contribution < 1.29 is 21.9 Å². The van der Waals surface area contributed by atoms with E-state index in [1.54, 1.807) is 6.07 Å². The van der Waals surface area contributed by atoms with Crippen molar-refractivity contribution in [3.8, 4) is 0 Å². The summed E-state index contributed by atoms with van der Waals surface area (Å²) in [5.41, 5.74) is 4.59. The average Bonchev–Trinajstić information content (AvgIpc) is 2.16. The molecule has 0 spiro atoms. The Morgan fingerprint density at radius 1 is 1.19 bits per heavy atom. The standard InChI is InChI=1S/C9H8FNO4S/c10-16(14,15)8(9(11)13)7(12)6-4-2-1-3-5-6/h1-5,8H,(H2,11,13). The summed E-state index contributed by atoms with van der Waals surface area (Å²) >= 11 is 0. The summed E-state index contributed by atoms with van der Waals surface area (Å²) in [6, 6.07) is 7.03. The van der Waals surface area contributed by atoms with Gasteiger partial charge in [0.15, 0.2) is 5.78 Å². The maximum atomic E-state index is 12.7. The van der Waals surface area contributed by atoms with E-state index in [1.807, 2.05) is 0 Å². The summed E-state index contributed by atoms with van der Waals surface area (Å²) in [6.45, 7) is 0. The normalized spacial score (nSPS) is 13.1. The number of carbonyl (C=O) groups excluding carboxylic acids is 2. The minimum atomic E-state index is -5.34. The number of primary amides is 1. The Morgan fingerprint density at radius 2 is 1.69 bits per heavy atom. The van der Waals surface area contributed by atoms with Gasteiger partial charge in [-0.15, -0.1) is 3.89 Å². The second kappa shape index (κ2) is 4.40. The van der Waals surface area contributed by atoms with Crippen LogP contribution in [0.25, 0.3) is 0 Å². The summed E-state index contributed by atoms with van der Waals surface area (Å²) in [6.07, 6.45) is 0. The Morgan fingerprint density at radius 3 is 2.06 bits per heavy atom. The number of rotatable bonds is 4. The Kier molecular flexibility index (Phi) is 3.38. The Labute approximate surface area is 91.3 Å². The molecule has 5 nitrogen and oxygen atoms in total. The number of halogens is 1. The second-order valence-electron chi connectivity index (χ2n) is 2.99. The largest absolute Gasteiger partial charge is 0.368 e. The molecule has 1 rings (SSSR count). The van der Waals surface area contributed by atoms with Gasteiger partial charge >= 0.3 is 10.2 Å². The molecular weight excluding hydrogens is 237 g/mol. The predicted octanol–water partition coefficient (Wildman–Crippen LogP) is 0.0225. The third-order valence-corrected chi connectivity index (χ3v) is 2.85. The van der Waals surface area contributed by atoms with E-state index >= 15 is 0 Å². The molecule has 0 radical (unpaired) electrons. The molecule has 1 aromatic carbocycles. The van der Waals surface area contributed by atoms with E-state index in [4.69, 9.17) is 0 Å². The summed E-state index contributed by atoms with van der Waals surface area (Å²) in [5.74, 6) is -2.70. The van der Waals surface area contributed by atoms with Crippen molar-refractivity contribution in [1.82, 2.24) is 0 Å². The van der Waals surface area contributed by atoms with Crippen LogP contribution in [-0.2, 0) is 15.0 Å². The van der Waals surface area contributed by atoms with E-state index in [1.165, 1.54) is 24.3 Å². The quantitative estimate of drug-likeness (QED) is 0.459. The van der Waals surface area contributed by atoms with Gasteiger partial charge in [-0.2, -0.15) is 8.42 Å². The van der Waals surface area contributed by atoms with Crippen LogP contribution in [0.2, 0.25) is 0 Å². The number of ketones is 1. The maximum absolute atomic E-state index is 12.7. The number of Topliss-reactive ketones (excluding diaryl/α,β-unsaturated/α-hetero) is 1. The minimum Gasteiger partial charge on any atom is -0.368 e. The van der Waals surface area contributed by atoms with Gasteiger partial charge in [-0.3, -0.25) is 9.59 Å². The number of hydrogen-bond donors (Lipinski definition) is 1. The molecule has 1 amide bonds. The monoisotopic (exact) mass is 245 g/mol. The number of hydrogen-bond acceptors (Lipinski definition) is 4. The van der Waals surface area contributed by atoms with E-state index in [9.17, 15) is 21.9 Å². The number of nitrogens with two attached hydrogens (primary N) is 1. The molecule has 0 aliphatic heterocycles. The first-order valence-corrected chi connectivity index (χ1v) is 5.60. The number of benzene rings is 1. The van der Waals surface area contributed by atoms with E-state index < -0.39 is 27.2 Å². The molecule has 0 aromatic heterocycles. The molecule has 0 aliphatic rings. The first-order valence-electron chi connectivity index (χ1n) is 4.16. The molecule has 0 saturated heterocycles. The van der Waals surface area contributed by atoms with Crippen LogP contribution in [0.15, 0.2) is 30.3 Å². The predicted molar refractivity (Wildman–Crippen MR) is 53.8 cm³/mol. The lowest BCUT2D eigenvalue weighted by molar-refractivity contribution is -0.116. The van der Waals surface area contributed by atoms with Gasteiger partial charge in [0.05, 0.1) is 0 Å². The molecule has 1 aromatic rings. The highest BCUT2D eigenvalue weighted by molar-refractivity contribution is 7.88. The van der Waals surface area contributed by atoms with Crippen molar-refractivity contribution in [3.63, 3.8) is 0 Å². The lowest BCUT2D eigenvalue weighted by Crippen LogP contribution is -2.40. The van der Waals surface area contributed by atoms with Gasteiger partial charge in [0.25, 0.3) is 0 Å². The maximum Gasteiger partial charge on any atom is 0.322 e. The van der Waals surface area contributed by atoms with E-state index in [0.717, 1.165) is 0 Å². The zero-order valence-electron chi connectivity index (χ0n) is 7.96. The Hall–Kier alpha value is -1.76. The van der Waals surface area contributed by atoms with Gasteiger partial charge in [-0.25, -0.2) is 0 Å². The minimum absolute atomic E-state index is 0.0903. The zero-order valence-corrected chi connectivity index (χ0v) is 8.78. The third-order valence-electron chi connectivity index (χ3n) is 1.84. The molecule has 7 heteroatoms. The van der Waals surface area contributed by atoms with E-state index in [0.29, 0.717) is 0 Å². The molecule has 2 N–H and O–H groups in total. The first-order chi connectivity index (χ1) is 7.34. The topological polar surface area (TPSA) is 94.3 Å². The summed E-state index contributed by atoms with van der Waals surface area (Å²) in [4.78, 5) is 22.3.